The molecule has 2 rings (SSSR count). The van der Waals surface area contributed by atoms with Crippen LogP contribution in [0.5, 0.6) is 0 Å². The van der Waals surface area contributed by atoms with Crippen molar-refractivity contribution in [1.82, 2.24) is 4.90 Å². The Bertz CT molecular complexity index is 674. The van der Waals surface area contributed by atoms with Gasteiger partial charge in [-0.1, -0.05) is 36.4 Å². The third kappa shape index (κ3) is 3.73. The second kappa shape index (κ2) is 7.82. The molecule has 0 aliphatic carbocycles. The summed E-state index contributed by atoms with van der Waals surface area (Å²) in [6.45, 7) is 7.72. The molecule has 0 bridgehead atoms. The van der Waals surface area contributed by atoms with Crippen LogP contribution in [0.2, 0.25) is 5.02 Å². The Hall–Kier alpha value is -1.28. The Kier molecular flexibility index (Phi) is 6.07. The minimum absolute atomic E-state index is 0.272. The van der Waals surface area contributed by atoms with Gasteiger partial charge in [-0.3, -0.25) is 0 Å². The predicted molar refractivity (Wildman–Crippen MR) is 98.5 cm³/mol. The van der Waals surface area contributed by atoms with Gasteiger partial charge >= 0.3 is 0 Å². The van der Waals surface area contributed by atoms with E-state index in [1.807, 2.05) is 32.2 Å². The summed E-state index contributed by atoms with van der Waals surface area (Å²) in [4.78, 5) is 1.76. The summed E-state index contributed by atoms with van der Waals surface area (Å²) < 4.78 is 1.02. The third-order valence-corrected chi connectivity index (χ3v) is 6.43. The van der Waals surface area contributed by atoms with Crippen LogP contribution in [-0.2, 0) is 0 Å². The highest BCUT2D eigenvalue weighted by atomic mass is 35.5. The Morgan fingerprint density at radius 2 is 2.32 bits per heavy atom. The first kappa shape index (κ1) is 17.1. The van der Waals surface area contributed by atoms with E-state index in [9.17, 15) is 5.26 Å². The molecular formula is C17H17ClN2S2. The lowest BCUT2D eigenvalue weighted by molar-refractivity contribution is 0.657. The minimum atomic E-state index is 0.272. The molecule has 1 atom stereocenters. The number of benzene rings is 1. The summed E-state index contributed by atoms with van der Waals surface area (Å²) in [5.74, 6) is 0.911. The number of hydrogen-bond acceptors (Lipinski definition) is 4. The zero-order chi connectivity index (χ0) is 16.1. The van der Waals surface area contributed by atoms with Crippen LogP contribution in [0.25, 0.3) is 0 Å². The summed E-state index contributed by atoms with van der Waals surface area (Å²) in [7, 11) is 0. The molecule has 1 heterocycles. The number of aryl methyl sites for hydroxylation is 1. The first-order chi connectivity index (χ1) is 10.6. The fourth-order valence-corrected chi connectivity index (χ4v) is 5.47. The zero-order valence-corrected chi connectivity index (χ0v) is 14.9. The molecule has 1 aromatic rings. The molecule has 1 aliphatic heterocycles. The van der Waals surface area contributed by atoms with Gasteiger partial charge in [0.1, 0.15) is 11.8 Å². The Morgan fingerprint density at radius 3 is 2.91 bits per heavy atom. The average molecular weight is 349 g/mol. The van der Waals surface area contributed by atoms with Crippen LogP contribution in [0.1, 0.15) is 23.3 Å². The first-order valence-corrected chi connectivity index (χ1v) is 9.08. The molecule has 0 aromatic heterocycles. The van der Waals surface area contributed by atoms with E-state index in [1.54, 1.807) is 34.6 Å². The molecule has 2 nitrogen and oxygen atoms in total. The van der Waals surface area contributed by atoms with E-state index < -0.39 is 0 Å². The molecule has 0 N–H and O–H groups in total. The van der Waals surface area contributed by atoms with Gasteiger partial charge in [-0.2, -0.15) is 5.26 Å². The molecular weight excluding hydrogens is 332 g/mol. The van der Waals surface area contributed by atoms with Crippen molar-refractivity contribution < 1.29 is 0 Å². The van der Waals surface area contributed by atoms with E-state index in [1.165, 1.54) is 0 Å². The van der Waals surface area contributed by atoms with Gasteiger partial charge in [0.25, 0.3) is 0 Å². The normalized spacial score (nSPS) is 20.0. The zero-order valence-electron chi connectivity index (χ0n) is 12.5. The lowest BCUT2D eigenvalue weighted by Crippen LogP contribution is -2.07. The van der Waals surface area contributed by atoms with Gasteiger partial charge in [0.2, 0.25) is 0 Å². The van der Waals surface area contributed by atoms with Crippen molar-refractivity contribution >= 4 is 35.1 Å². The predicted octanol–water partition coefficient (Wildman–Crippen LogP) is 5.84. The molecule has 114 valence electrons. The van der Waals surface area contributed by atoms with Gasteiger partial charge < -0.3 is 4.90 Å². The summed E-state index contributed by atoms with van der Waals surface area (Å²) in [6.07, 6.45) is 5.38. The largest absolute Gasteiger partial charge is 0.315 e. The second-order valence-corrected chi connectivity index (χ2v) is 7.67. The first-order valence-electron chi connectivity index (χ1n) is 6.84. The highest BCUT2D eigenvalue weighted by Crippen LogP contribution is 2.52. The number of thioether (sulfide) groups is 2. The van der Waals surface area contributed by atoms with E-state index in [0.717, 1.165) is 26.1 Å². The number of rotatable bonds is 4. The summed E-state index contributed by atoms with van der Waals surface area (Å²) in [6, 6.07) is 8.44. The smallest absolute Gasteiger partial charge is 0.144 e. The number of halogens is 1. The maximum absolute atomic E-state index is 9.48. The van der Waals surface area contributed by atoms with E-state index in [4.69, 9.17) is 11.6 Å². The van der Waals surface area contributed by atoms with Gasteiger partial charge in [0.15, 0.2) is 0 Å². The molecule has 0 saturated carbocycles. The highest BCUT2D eigenvalue weighted by molar-refractivity contribution is 8.25. The molecule has 1 unspecified atom stereocenters. The Balaban J connectivity index is 2.29. The number of nitriles is 1. The molecule has 1 fully saturated rings. The SMILES string of the molecule is C=CN(/C=C\C)/C(C#N)=C1\SCC(c2ccc(C)cc2Cl)S1. The monoisotopic (exact) mass is 348 g/mol. The molecule has 0 spiro atoms. The van der Waals surface area contributed by atoms with Crippen LogP contribution in [0.15, 0.2) is 53.2 Å². The fourth-order valence-electron chi connectivity index (χ4n) is 2.12. The Morgan fingerprint density at radius 1 is 1.55 bits per heavy atom. The van der Waals surface area contributed by atoms with Gasteiger partial charge in [-0.05, 0) is 31.0 Å². The van der Waals surface area contributed by atoms with Gasteiger partial charge in [0, 0.05) is 28.4 Å². The number of nitrogens with zero attached hydrogens (tertiary/aromatic N) is 2. The molecule has 1 aliphatic rings. The van der Waals surface area contributed by atoms with E-state index >= 15 is 0 Å². The molecule has 0 radical (unpaired) electrons. The maximum atomic E-state index is 9.48. The van der Waals surface area contributed by atoms with Crippen LogP contribution in [0.3, 0.4) is 0 Å². The van der Waals surface area contributed by atoms with Crippen LogP contribution in [0, 0.1) is 18.3 Å². The molecule has 5 heteroatoms. The standard InChI is InChI=1S/C17H17ClN2S2/c1-4-8-20(5-2)15(10-19)17-21-11-16(22-17)13-7-6-12(3)9-14(13)18/h4-9,16H,2,11H2,1,3H3/b8-4-,17-15+. The highest BCUT2D eigenvalue weighted by Gasteiger charge is 2.28. The molecule has 22 heavy (non-hydrogen) atoms. The van der Waals surface area contributed by atoms with Crippen molar-refractivity contribution in [3.63, 3.8) is 0 Å². The van der Waals surface area contributed by atoms with Crippen molar-refractivity contribution in [2.24, 2.45) is 0 Å². The minimum Gasteiger partial charge on any atom is -0.315 e. The molecule has 0 amide bonds. The maximum Gasteiger partial charge on any atom is 0.144 e. The van der Waals surface area contributed by atoms with Crippen molar-refractivity contribution in [3.05, 3.63) is 69.3 Å². The second-order valence-electron chi connectivity index (χ2n) is 4.76. The van der Waals surface area contributed by atoms with Crippen molar-refractivity contribution in [2.75, 3.05) is 5.75 Å². The molecule has 1 aromatic carbocycles. The van der Waals surface area contributed by atoms with Crippen LogP contribution < -0.4 is 0 Å². The van der Waals surface area contributed by atoms with E-state index in [0.29, 0.717) is 5.70 Å². The number of hydrogen-bond donors (Lipinski definition) is 0. The lowest BCUT2D eigenvalue weighted by atomic mass is 10.1. The van der Waals surface area contributed by atoms with E-state index in [-0.39, 0.29) is 5.25 Å². The van der Waals surface area contributed by atoms with Crippen molar-refractivity contribution in [2.45, 2.75) is 19.1 Å². The van der Waals surface area contributed by atoms with Crippen LogP contribution in [-0.4, -0.2) is 10.7 Å². The van der Waals surface area contributed by atoms with Gasteiger partial charge in [-0.25, -0.2) is 0 Å². The van der Waals surface area contributed by atoms with Gasteiger partial charge in [-0.15, -0.1) is 23.5 Å². The van der Waals surface area contributed by atoms with E-state index in [2.05, 4.69) is 24.8 Å². The Labute approximate surface area is 145 Å². The van der Waals surface area contributed by atoms with Crippen LogP contribution >= 0.6 is 35.1 Å². The molecule has 1 saturated heterocycles. The lowest BCUT2D eigenvalue weighted by Gasteiger charge is -2.15. The van der Waals surface area contributed by atoms with Gasteiger partial charge in [0.05, 0.1) is 4.24 Å². The third-order valence-electron chi connectivity index (χ3n) is 3.18. The summed E-state index contributed by atoms with van der Waals surface area (Å²) in [5.41, 5.74) is 2.91. The fraction of sp³-hybridized carbons (Fsp3) is 0.235. The quantitative estimate of drug-likeness (QED) is 0.638. The number of allylic oxidation sites excluding steroid dienone is 2. The summed E-state index contributed by atoms with van der Waals surface area (Å²) in [5, 5.41) is 10.5. The van der Waals surface area contributed by atoms with Crippen molar-refractivity contribution in [1.29, 1.82) is 5.26 Å². The van der Waals surface area contributed by atoms with Crippen molar-refractivity contribution in [3.8, 4) is 6.07 Å². The van der Waals surface area contributed by atoms with Crippen LogP contribution in [0.4, 0.5) is 0 Å². The summed E-state index contributed by atoms with van der Waals surface area (Å²) >= 11 is 9.77. The average Bonchev–Trinajstić information content (AvgIpc) is 2.96. The topological polar surface area (TPSA) is 27.0 Å².